The Morgan fingerprint density at radius 2 is 2.03 bits per heavy atom. The van der Waals surface area contributed by atoms with Crippen LogP contribution in [0.15, 0.2) is 52.4 Å². The monoisotopic (exact) mass is 512 g/mol. The molecule has 7 nitrogen and oxygen atoms in total. The van der Waals surface area contributed by atoms with Crippen LogP contribution in [-0.2, 0) is 17.0 Å². The molecule has 0 radical (unpaired) electrons. The van der Waals surface area contributed by atoms with Crippen LogP contribution in [-0.4, -0.2) is 28.9 Å². The first-order valence-electron chi connectivity index (χ1n) is 10.9. The number of aryl methyl sites for hydroxylation is 1. The lowest BCUT2D eigenvalue weighted by molar-refractivity contribution is 0.0531. The minimum Gasteiger partial charge on any atom is -0.462 e. The van der Waals surface area contributed by atoms with E-state index >= 15 is 0 Å². The molecule has 0 saturated carbocycles. The van der Waals surface area contributed by atoms with Crippen LogP contribution in [0, 0.1) is 12.7 Å². The number of halogens is 1. The van der Waals surface area contributed by atoms with Gasteiger partial charge in [-0.3, -0.25) is 9.36 Å². The summed E-state index contributed by atoms with van der Waals surface area (Å²) in [4.78, 5) is 31.7. The fraction of sp³-hybridized carbons (Fsp3) is 0.240. The summed E-state index contributed by atoms with van der Waals surface area (Å²) in [7, 11) is 0. The number of thioether (sulfide) groups is 1. The van der Waals surface area contributed by atoms with Crippen molar-refractivity contribution in [3.8, 4) is 11.5 Å². The minimum absolute atomic E-state index is 0.153. The number of thiophene rings is 1. The lowest BCUT2D eigenvalue weighted by Gasteiger charge is -2.13. The summed E-state index contributed by atoms with van der Waals surface area (Å²) in [5.41, 5.74) is 1.61. The smallest absolute Gasteiger partial charge is 0.348 e. The molecule has 4 aromatic rings. The van der Waals surface area contributed by atoms with Crippen LogP contribution in [0.3, 0.4) is 0 Å². The van der Waals surface area contributed by atoms with Gasteiger partial charge in [-0.2, -0.15) is 0 Å². The lowest BCUT2D eigenvalue weighted by atomic mass is 10.2. The average Bonchev–Trinajstić information content (AvgIpc) is 3.44. The zero-order valence-electron chi connectivity index (χ0n) is 19.0. The van der Waals surface area contributed by atoms with Gasteiger partial charge in [-0.25, -0.2) is 14.2 Å². The third-order valence-corrected chi connectivity index (χ3v) is 7.76. The molecule has 5 rings (SSSR count). The van der Waals surface area contributed by atoms with E-state index in [2.05, 4.69) is 0 Å². The summed E-state index contributed by atoms with van der Waals surface area (Å²) in [5, 5.41) is 0.814. The average molecular weight is 513 g/mol. The third kappa shape index (κ3) is 4.51. The normalized spacial score (nSPS) is 12.3. The fourth-order valence-electron chi connectivity index (χ4n) is 3.82. The van der Waals surface area contributed by atoms with Crippen molar-refractivity contribution >= 4 is 39.3 Å². The maximum atomic E-state index is 14.2. The Hall–Kier alpha value is -3.37. The molecule has 2 aromatic carbocycles. The van der Waals surface area contributed by atoms with Crippen LogP contribution in [0.5, 0.6) is 11.5 Å². The second-order valence-electron chi connectivity index (χ2n) is 7.81. The second-order valence-corrected chi connectivity index (χ2v) is 9.75. The number of aromatic nitrogens is 2. The third-order valence-electron chi connectivity index (χ3n) is 5.57. The topological polar surface area (TPSA) is 79.7 Å². The van der Waals surface area contributed by atoms with Crippen LogP contribution in [0.2, 0.25) is 0 Å². The molecule has 35 heavy (non-hydrogen) atoms. The number of fused-ring (bicyclic) bond motifs is 2. The number of carbonyl (C=O) groups excluding carboxylic acids is 1. The Kier molecular flexibility index (Phi) is 6.48. The van der Waals surface area contributed by atoms with Crippen LogP contribution in [0.25, 0.3) is 10.2 Å². The standard InChI is InChI=1S/C25H21FN2O5S2/c1-3-31-24(30)21-14(2)20-22(35-21)27-25(34-12-16-6-4-5-7-17(16)26)28(23(20)29)11-15-8-9-18-19(10-15)33-13-32-18/h4-10H,3,11-13H2,1-2H3. The molecule has 3 heterocycles. The maximum absolute atomic E-state index is 14.2. The molecule has 0 saturated heterocycles. The van der Waals surface area contributed by atoms with E-state index < -0.39 is 5.97 Å². The van der Waals surface area contributed by atoms with E-state index in [1.54, 1.807) is 42.7 Å². The largest absolute Gasteiger partial charge is 0.462 e. The number of hydrogen-bond donors (Lipinski definition) is 0. The summed E-state index contributed by atoms with van der Waals surface area (Å²) in [5.74, 6) is 0.761. The summed E-state index contributed by atoms with van der Waals surface area (Å²) in [6, 6.07) is 12.0. The van der Waals surface area contributed by atoms with E-state index in [0.29, 0.717) is 48.6 Å². The number of rotatable bonds is 7. The first-order chi connectivity index (χ1) is 17.0. The van der Waals surface area contributed by atoms with Crippen LogP contribution in [0.4, 0.5) is 4.39 Å². The van der Waals surface area contributed by atoms with Crippen molar-refractivity contribution in [3.63, 3.8) is 0 Å². The number of ether oxygens (including phenoxy) is 3. The maximum Gasteiger partial charge on any atom is 0.348 e. The summed E-state index contributed by atoms with van der Waals surface area (Å²) in [6.45, 7) is 4.07. The molecule has 0 spiro atoms. The van der Waals surface area contributed by atoms with Crippen LogP contribution >= 0.6 is 23.1 Å². The molecule has 0 bridgehead atoms. The summed E-state index contributed by atoms with van der Waals surface area (Å²) >= 11 is 2.40. The van der Waals surface area contributed by atoms with Gasteiger partial charge in [0.2, 0.25) is 6.79 Å². The molecule has 0 amide bonds. The van der Waals surface area contributed by atoms with Crippen molar-refractivity contribution in [3.05, 3.63) is 80.2 Å². The predicted molar refractivity (Wildman–Crippen MR) is 132 cm³/mol. The van der Waals surface area contributed by atoms with E-state index in [1.807, 2.05) is 12.1 Å². The van der Waals surface area contributed by atoms with E-state index in [1.165, 1.54) is 17.8 Å². The van der Waals surface area contributed by atoms with Crippen molar-refractivity contribution in [2.75, 3.05) is 13.4 Å². The SMILES string of the molecule is CCOC(=O)c1sc2nc(SCc3ccccc3F)n(Cc3ccc4c(c3)OCO4)c(=O)c2c1C. The predicted octanol–water partition coefficient (Wildman–Crippen LogP) is 5.15. The van der Waals surface area contributed by atoms with E-state index in [4.69, 9.17) is 19.2 Å². The Morgan fingerprint density at radius 3 is 2.83 bits per heavy atom. The van der Waals surface area contributed by atoms with Crippen molar-refractivity contribution in [1.29, 1.82) is 0 Å². The molecule has 0 fully saturated rings. The summed E-state index contributed by atoms with van der Waals surface area (Å²) < 4.78 is 31.8. The highest BCUT2D eigenvalue weighted by molar-refractivity contribution is 7.98. The van der Waals surface area contributed by atoms with Crippen molar-refractivity contribution in [2.45, 2.75) is 31.3 Å². The first-order valence-corrected chi connectivity index (χ1v) is 12.7. The zero-order chi connectivity index (χ0) is 24.5. The van der Waals surface area contributed by atoms with Gasteiger partial charge in [0, 0.05) is 5.75 Å². The lowest BCUT2D eigenvalue weighted by Crippen LogP contribution is -2.24. The van der Waals surface area contributed by atoms with Gasteiger partial charge < -0.3 is 14.2 Å². The molecule has 0 N–H and O–H groups in total. The number of hydrogen-bond acceptors (Lipinski definition) is 8. The summed E-state index contributed by atoms with van der Waals surface area (Å²) in [6.07, 6.45) is 0. The highest BCUT2D eigenvalue weighted by Crippen LogP contribution is 2.34. The van der Waals surface area contributed by atoms with Crippen molar-refractivity contribution in [2.24, 2.45) is 0 Å². The molecule has 2 aromatic heterocycles. The van der Waals surface area contributed by atoms with E-state index in [-0.39, 0.29) is 31.3 Å². The molecule has 0 aliphatic carbocycles. The highest BCUT2D eigenvalue weighted by atomic mass is 32.2. The van der Waals surface area contributed by atoms with Gasteiger partial charge >= 0.3 is 5.97 Å². The quantitative estimate of drug-likeness (QED) is 0.192. The van der Waals surface area contributed by atoms with E-state index in [0.717, 1.165) is 16.9 Å². The molecule has 0 unspecified atom stereocenters. The van der Waals surface area contributed by atoms with Gasteiger partial charge in [0.05, 0.1) is 18.5 Å². The fourth-order valence-corrected chi connectivity index (χ4v) is 5.92. The highest BCUT2D eigenvalue weighted by Gasteiger charge is 2.23. The Morgan fingerprint density at radius 1 is 1.23 bits per heavy atom. The molecule has 180 valence electrons. The number of esters is 1. The molecule has 10 heteroatoms. The van der Waals surface area contributed by atoms with Gasteiger partial charge in [-0.05, 0) is 48.7 Å². The van der Waals surface area contributed by atoms with Gasteiger partial charge in [0.1, 0.15) is 15.5 Å². The number of nitrogens with zero attached hydrogens (tertiary/aromatic N) is 2. The molecular weight excluding hydrogens is 491 g/mol. The van der Waals surface area contributed by atoms with Gasteiger partial charge in [0.25, 0.3) is 5.56 Å². The number of carbonyl (C=O) groups is 1. The van der Waals surface area contributed by atoms with Gasteiger partial charge in [-0.1, -0.05) is 36.0 Å². The molecular formula is C25H21FN2O5S2. The van der Waals surface area contributed by atoms with Gasteiger partial charge in [0.15, 0.2) is 16.7 Å². The second kappa shape index (κ2) is 9.71. The van der Waals surface area contributed by atoms with Crippen molar-refractivity contribution < 1.29 is 23.4 Å². The first kappa shape index (κ1) is 23.4. The molecule has 1 aliphatic heterocycles. The van der Waals surface area contributed by atoms with Crippen LogP contribution < -0.4 is 15.0 Å². The zero-order valence-corrected chi connectivity index (χ0v) is 20.6. The van der Waals surface area contributed by atoms with E-state index in [9.17, 15) is 14.0 Å². The van der Waals surface area contributed by atoms with Crippen LogP contribution in [0.1, 0.15) is 33.3 Å². The molecule has 0 atom stereocenters. The number of benzene rings is 2. The molecule has 1 aliphatic rings. The Bertz CT molecular complexity index is 1500. The van der Waals surface area contributed by atoms with Crippen molar-refractivity contribution in [1.82, 2.24) is 9.55 Å². The minimum atomic E-state index is -0.477. The Balaban J connectivity index is 1.59. The Labute approximate surface area is 208 Å². The van der Waals surface area contributed by atoms with Gasteiger partial charge in [-0.15, -0.1) is 11.3 Å².